The van der Waals surface area contributed by atoms with Crippen molar-refractivity contribution in [3.63, 3.8) is 0 Å². The van der Waals surface area contributed by atoms with Crippen LogP contribution in [0.1, 0.15) is 0 Å². The van der Waals surface area contributed by atoms with Gasteiger partial charge in [-0.05, 0) is 0 Å². The average Bonchev–Trinajstić information content (AvgIpc) is 2.16. The second-order valence-electron chi connectivity index (χ2n) is 2.12. The molecular weight excluding hydrogens is 186 g/mol. The first-order chi connectivity index (χ1) is 5.52. The van der Waals surface area contributed by atoms with Crippen molar-refractivity contribution in [3.05, 3.63) is 11.1 Å². The van der Waals surface area contributed by atoms with Crippen LogP contribution in [-0.2, 0) is 14.4 Å². The van der Waals surface area contributed by atoms with Gasteiger partial charge in [0.25, 0.3) is 11.8 Å². The molecule has 0 spiro atoms. The molecular formula is C6H4ClNO4. The fourth-order valence-corrected chi connectivity index (χ4v) is 0.957. The standard InChI is InChI=1S/C6H4ClNO4/c7-3-1-4(9)8(6(3)12)2-5(10)11/h1H,2H2,(H,10,11). The van der Waals surface area contributed by atoms with E-state index in [-0.39, 0.29) is 5.03 Å². The zero-order chi connectivity index (χ0) is 9.30. The fraction of sp³-hybridized carbons (Fsp3) is 0.167. The number of rotatable bonds is 2. The van der Waals surface area contributed by atoms with Crippen LogP contribution in [0.15, 0.2) is 11.1 Å². The van der Waals surface area contributed by atoms with Gasteiger partial charge in [0.2, 0.25) is 0 Å². The third-order valence-corrected chi connectivity index (χ3v) is 1.53. The number of hydrogen-bond donors (Lipinski definition) is 1. The summed E-state index contributed by atoms with van der Waals surface area (Å²) in [5, 5.41) is 8.03. The maximum Gasteiger partial charge on any atom is 0.323 e. The van der Waals surface area contributed by atoms with Crippen molar-refractivity contribution >= 4 is 29.4 Å². The van der Waals surface area contributed by atoms with E-state index in [2.05, 4.69) is 0 Å². The Labute approximate surface area is 72.2 Å². The van der Waals surface area contributed by atoms with E-state index in [1.54, 1.807) is 0 Å². The van der Waals surface area contributed by atoms with Crippen molar-refractivity contribution in [2.45, 2.75) is 0 Å². The van der Waals surface area contributed by atoms with E-state index in [4.69, 9.17) is 16.7 Å². The molecule has 1 aliphatic heterocycles. The highest BCUT2D eigenvalue weighted by molar-refractivity contribution is 6.46. The lowest BCUT2D eigenvalue weighted by atomic mass is 10.5. The van der Waals surface area contributed by atoms with E-state index >= 15 is 0 Å². The highest BCUT2D eigenvalue weighted by Crippen LogP contribution is 2.15. The summed E-state index contributed by atoms with van der Waals surface area (Å²) in [7, 11) is 0. The molecule has 0 aromatic rings. The van der Waals surface area contributed by atoms with Crippen molar-refractivity contribution in [2.24, 2.45) is 0 Å². The van der Waals surface area contributed by atoms with Crippen LogP contribution in [0.4, 0.5) is 0 Å². The molecule has 1 heterocycles. The van der Waals surface area contributed by atoms with Crippen LogP contribution in [0.2, 0.25) is 0 Å². The minimum absolute atomic E-state index is 0.249. The summed E-state index contributed by atoms with van der Waals surface area (Å²) < 4.78 is 0. The molecule has 0 aromatic heterocycles. The van der Waals surface area contributed by atoms with Crippen LogP contribution in [0, 0.1) is 0 Å². The Balaban J connectivity index is 2.77. The lowest BCUT2D eigenvalue weighted by Crippen LogP contribution is -2.35. The minimum atomic E-state index is -1.25. The fourth-order valence-electron chi connectivity index (χ4n) is 0.762. The molecule has 0 bridgehead atoms. The van der Waals surface area contributed by atoms with Gasteiger partial charge in [0, 0.05) is 6.08 Å². The van der Waals surface area contributed by atoms with Crippen molar-refractivity contribution < 1.29 is 19.5 Å². The first kappa shape index (κ1) is 8.73. The van der Waals surface area contributed by atoms with Crippen LogP contribution in [0.25, 0.3) is 0 Å². The number of nitrogens with zero attached hydrogens (tertiary/aromatic N) is 1. The maximum absolute atomic E-state index is 10.9. The summed E-state index contributed by atoms with van der Waals surface area (Å²) >= 11 is 5.29. The second-order valence-corrected chi connectivity index (χ2v) is 2.52. The Morgan fingerprint density at radius 3 is 2.50 bits per heavy atom. The molecule has 0 fully saturated rings. The van der Waals surface area contributed by atoms with E-state index < -0.39 is 24.3 Å². The van der Waals surface area contributed by atoms with Gasteiger partial charge in [-0.25, -0.2) is 0 Å². The monoisotopic (exact) mass is 189 g/mol. The van der Waals surface area contributed by atoms with Crippen molar-refractivity contribution in [1.29, 1.82) is 0 Å². The quantitative estimate of drug-likeness (QED) is 0.598. The molecule has 0 saturated carbocycles. The van der Waals surface area contributed by atoms with Gasteiger partial charge in [0.05, 0.1) is 0 Å². The SMILES string of the molecule is O=C(O)CN1C(=O)C=C(Cl)C1=O. The first-order valence-corrected chi connectivity index (χ1v) is 3.35. The van der Waals surface area contributed by atoms with Gasteiger partial charge in [-0.1, -0.05) is 11.6 Å². The van der Waals surface area contributed by atoms with Gasteiger partial charge < -0.3 is 5.11 Å². The van der Waals surface area contributed by atoms with Crippen LogP contribution < -0.4 is 0 Å². The molecule has 6 heteroatoms. The van der Waals surface area contributed by atoms with Crippen LogP contribution >= 0.6 is 11.6 Å². The van der Waals surface area contributed by atoms with E-state index in [0.717, 1.165) is 6.08 Å². The number of carbonyl (C=O) groups excluding carboxylic acids is 2. The second kappa shape index (κ2) is 2.94. The number of aliphatic carboxylic acids is 1. The van der Waals surface area contributed by atoms with Crippen molar-refractivity contribution in [3.8, 4) is 0 Å². The number of hydrogen-bond acceptors (Lipinski definition) is 3. The highest BCUT2D eigenvalue weighted by Gasteiger charge is 2.31. The first-order valence-electron chi connectivity index (χ1n) is 2.97. The van der Waals surface area contributed by atoms with E-state index in [1.165, 1.54) is 0 Å². The Hall–Kier alpha value is -1.36. The lowest BCUT2D eigenvalue weighted by molar-refractivity contribution is -0.147. The molecule has 2 amide bonds. The Morgan fingerprint density at radius 2 is 2.17 bits per heavy atom. The smallest absolute Gasteiger partial charge is 0.323 e. The summed E-state index contributed by atoms with van der Waals surface area (Å²) in [6.45, 7) is -0.648. The summed E-state index contributed by atoms with van der Waals surface area (Å²) in [4.78, 5) is 32.4. The van der Waals surface area contributed by atoms with Gasteiger partial charge in [-0.2, -0.15) is 0 Å². The molecule has 5 nitrogen and oxygen atoms in total. The summed E-state index contributed by atoms with van der Waals surface area (Å²) in [5.41, 5.74) is 0. The predicted octanol–water partition coefficient (Wildman–Crippen LogP) is -0.438. The minimum Gasteiger partial charge on any atom is -0.480 e. The molecule has 64 valence electrons. The predicted molar refractivity (Wildman–Crippen MR) is 38.3 cm³/mol. The van der Waals surface area contributed by atoms with E-state index in [9.17, 15) is 14.4 Å². The molecule has 0 unspecified atom stereocenters. The van der Waals surface area contributed by atoms with Crippen molar-refractivity contribution in [2.75, 3.05) is 6.54 Å². The van der Waals surface area contributed by atoms with Crippen LogP contribution in [-0.4, -0.2) is 34.3 Å². The highest BCUT2D eigenvalue weighted by atomic mass is 35.5. The lowest BCUT2D eigenvalue weighted by Gasteiger charge is -2.09. The molecule has 0 aliphatic carbocycles. The van der Waals surface area contributed by atoms with Gasteiger partial charge in [0.15, 0.2) is 0 Å². The topological polar surface area (TPSA) is 74.7 Å². The van der Waals surface area contributed by atoms with Gasteiger partial charge >= 0.3 is 5.97 Å². The number of carboxylic acids is 1. The molecule has 1 N–H and O–H groups in total. The summed E-state index contributed by atoms with van der Waals surface area (Å²) in [5.74, 6) is -2.70. The van der Waals surface area contributed by atoms with Gasteiger partial charge in [0.1, 0.15) is 11.6 Å². The maximum atomic E-state index is 10.9. The van der Waals surface area contributed by atoms with E-state index in [1.807, 2.05) is 0 Å². The normalized spacial score (nSPS) is 16.8. The Kier molecular flexibility index (Phi) is 2.14. The van der Waals surface area contributed by atoms with Crippen molar-refractivity contribution in [1.82, 2.24) is 4.90 Å². The number of carbonyl (C=O) groups is 3. The largest absolute Gasteiger partial charge is 0.480 e. The zero-order valence-electron chi connectivity index (χ0n) is 5.78. The van der Waals surface area contributed by atoms with Crippen LogP contribution in [0.5, 0.6) is 0 Å². The van der Waals surface area contributed by atoms with Crippen LogP contribution in [0.3, 0.4) is 0 Å². The summed E-state index contributed by atoms with van der Waals surface area (Å²) in [6, 6.07) is 0. The van der Waals surface area contributed by atoms with Gasteiger partial charge in [-0.3, -0.25) is 19.3 Å². The Bertz CT molecular complexity index is 296. The third kappa shape index (κ3) is 1.45. The summed E-state index contributed by atoms with van der Waals surface area (Å²) in [6.07, 6.45) is 0.896. The molecule has 1 rings (SSSR count). The number of amides is 2. The van der Waals surface area contributed by atoms with E-state index in [0.29, 0.717) is 4.90 Å². The zero-order valence-corrected chi connectivity index (χ0v) is 6.54. The third-order valence-electron chi connectivity index (χ3n) is 1.26. The molecule has 1 aliphatic rings. The number of carboxylic acid groups (broad SMARTS) is 1. The molecule has 0 radical (unpaired) electrons. The molecule has 0 atom stereocenters. The Morgan fingerprint density at radius 1 is 1.58 bits per heavy atom. The molecule has 0 saturated heterocycles. The molecule has 0 aromatic carbocycles. The number of halogens is 1. The number of imide groups is 1. The molecule has 12 heavy (non-hydrogen) atoms. The van der Waals surface area contributed by atoms with Gasteiger partial charge in [-0.15, -0.1) is 0 Å². The average molecular weight is 190 g/mol.